The quantitative estimate of drug-likeness (QED) is 0.412. The zero-order valence-electron chi connectivity index (χ0n) is 7.25. The van der Waals surface area contributed by atoms with Crippen molar-refractivity contribution in [2.75, 3.05) is 0 Å². The molecule has 2 aromatic carbocycles. The summed E-state index contributed by atoms with van der Waals surface area (Å²) in [6.07, 6.45) is 0. The largest absolute Gasteiger partial charge is 0.507 e. The van der Waals surface area contributed by atoms with Crippen LogP contribution in [-0.2, 0) is 0 Å². The van der Waals surface area contributed by atoms with Gasteiger partial charge in [-0.3, -0.25) is 0 Å². The van der Waals surface area contributed by atoms with Crippen LogP contribution in [0.15, 0.2) is 41.5 Å². The molecule has 0 fully saturated rings. The van der Waals surface area contributed by atoms with Gasteiger partial charge in [-0.15, -0.1) is 0 Å². The van der Waals surface area contributed by atoms with E-state index in [2.05, 4.69) is 10.0 Å². The number of rotatable bonds is 1. The topological polar surface area (TPSA) is 69.0 Å². The summed E-state index contributed by atoms with van der Waals surface area (Å²) in [4.78, 5) is 2.71. The molecular formula is C10H7N3O. The molecule has 0 radical (unpaired) electrons. The zero-order valence-corrected chi connectivity index (χ0v) is 7.25. The maximum absolute atomic E-state index is 9.60. The molecular weight excluding hydrogens is 178 g/mol. The lowest BCUT2D eigenvalue weighted by atomic mass is 10.1. The maximum Gasteiger partial charge on any atom is 0.123 e. The molecule has 0 aromatic heterocycles. The third-order valence-electron chi connectivity index (χ3n) is 2.01. The normalized spacial score (nSPS) is 9.71. The smallest absolute Gasteiger partial charge is 0.123 e. The van der Waals surface area contributed by atoms with Gasteiger partial charge in [0.25, 0.3) is 0 Å². The molecule has 0 saturated carbocycles. The summed E-state index contributed by atoms with van der Waals surface area (Å²) in [6, 6.07) is 10.5. The molecule has 0 saturated heterocycles. The van der Waals surface area contributed by atoms with Gasteiger partial charge in [-0.25, -0.2) is 0 Å². The standard InChI is InChI=1S/C10H7N3O/c11-13-12-8-5-1-3-7-4-2-6-9(14)10(7)8/h1-6,14H. The lowest BCUT2D eigenvalue weighted by Crippen LogP contribution is -1.73. The Morgan fingerprint density at radius 1 is 1.14 bits per heavy atom. The third kappa shape index (κ3) is 1.24. The molecule has 2 rings (SSSR count). The average molecular weight is 185 g/mol. The van der Waals surface area contributed by atoms with Crippen molar-refractivity contribution >= 4 is 16.5 Å². The van der Waals surface area contributed by atoms with Crippen LogP contribution in [0.25, 0.3) is 21.2 Å². The Bertz CT molecular complexity index is 525. The molecule has 0 atom stereocenters. The summed E-state index contributed by atoms with van der Waals surface area (Å²) in [5.74, 6) is 0.130. The molecule has 1 N–H and O–H groups in total. The van der Waals surface area contributed by atoms with Crippen molar-refractivity contribution in [2.45, 2.75) is 0 Å². The van der Waals surface area contributed by atoms with Crippen LogP contribution in [0.5, 0.6) is 5.75 Å². The first-order valence-corrected chi connectivity index (χ1v) is 4.09. The molecule has 0 bridgehead atoms. The van der Waals surface area contributed by atoms with Gasteiger partial charge >= 0.3 is 0 Å². The van der Waals surface area contributed by atoms with E-state index in [4.69, 9.17) is 5.53 Å². The molecule has 0 unspecified atom stereocenters. The lowest BCUT2D eigenvalue weighted by Gasteiger charge is -2.02. The summed E-state index contributed by atoms with van der Waals surface area (Å²) < 4.78 is 0. The average Bonchev–Trinajstić information content (AvgIpc) is 2.19. The zero-order chi connectivity index (χ0) is 9.97. The highest BCUT2D eigenvalue weighted by Crippen LogP contribution is 2.33. The third-order valence-corrected chi connectivity index (χ3v) is 2.01. The van der Waals surface area contributed by atoms with Crippen LogP contribution in [0.3, 0.4) is 0 Å². The molecule has 68 valence electrons. The van der Waals surface area contributed by atoms with Gasteiger partial charge in [0.05, 0.1) is 0 Å². The van der Waals surface area contributed by atoms with Gasteiger partial charge in [0.2, 0.25) is 0 Å². The van der Waals surface area contributed by atoms with Crippen molar-refractivity contribution in [2.24, 2.45) is 5.11 Å². The van der Waals surface area contributed by atoms with Gasteiger partial charge in [0, 0.05) is 16.0 Å². The van der Waals surface area contributed by atoms with Gasteiger partial charge in [-0.05, 0) is 17.0 Å². The molecule has 4 heteroatoms. The van der Waals surface area contributed by atoms with Crippen LogP contribution in [0.2, 0.25) is 0 Å². The van der Waals surface area contributed by atoms with E-state index >= 15 is 0 Å². The number of hydrogen-bond donors (Lipinski definition) is 1. The minimum Gasteiger partial charge on any atom is -0.507 e. The summed E-state index contributed by atoms with van der Waals surface area (Å²) >= 11 is 0. The monoisotopic (exact) mass is 185 g/mol. The number of phenols is 1. The predicted octanol–water partition coefficient (Wildman–Crippen LogP) is 3.49. The van der Waals surface area contributed by atoms with Crippen molar-refractivity contribution in [3.63, 3.8) is 0 Å². The van der Waals surface area contributed by atoms with E-state index in [0.29, 0.717) is 11.1 Å². The second-order valence-electron chi connectivity index (χ2n) is 2.84. The second kappa shape index (κ2) is 3.28. The van der Waals surface area contributed by atoms with Gasteiger partial charge in [0.15, 0.2) is 0 Å². The summed E-state index contributed by atoms with van der Waals surface area (Å²) in [5, 5.41) is 14.6. The first-order valence-electron chi connectivity index (χ1n) is 4.09. The fraction of sp³-hybridized carbons (Fsp3) is 0. The van der Waals surface area contributed by atoms with E-state index in [9.17, 15) is 5.11 Å². The Hall–Kier alpha value is -2.19. The number of nitrogens with zero attached hydrogens (tertiary/aromatic N) is 3. The van der Waals surface area contributed by atoms with Crippen LogP contribution in [0.1, 0.15) is 0 Å². The molecule has 14 heavy (non-hydrogen) atoms. The van der Waals surface area contributed by atoms with Crippen molar-refractivity contribution in [1.82, 2.24) is 0 Å². The summed E-state index contributed by atoms with van der Waals surface area (Å²) in [7, 11) is 0. The highest BCUT2D eigenvalue weighted by Gasteiger charge is 2.02. The first kappa shape index (κ1) is 8.41. The molecule has 4 nitrogen and oxygen atoms in total. The van der Waals surface area contributed by atoms with Crippen molar-refractivity contribution in [3.05, 3.63) is 46.8 Å². The Morgan fingerprint density at radius 3 is 2.57 bits per heavy atom. The number of aromatic hydroxyl groups is 1. The second-order valence-corrected chi connectivity index (χ2v) is 2.84. The van der Waals surface area contributed by atoms with Crippen LogP contribution in [-0.4, -0.2) is 5.11 Å². The van der Waals surface area contributed by atoms with Gasteiger partial charge in [-0.2, -0.15) is 0 Å². The van der Waals surface area contributed by atoms with Crippen LogP contribution in [0.4, 0.5) is 5.69 Å². The van der Waals surface area contributed by atoms with Gasteiger partial charge in [-0.1, -0.05) is 35.4 Å². The molecule has 0 amide bonds. The Kier molecular flexibility index (Phi) is 1.97. The number of benzene rings is 2. The fourth-order valence-electron chi connectivity index (χ4n) is 1.43. The predicted molar refractivity (Wildman–Crippen MR) is 54.4 cm³/mol. The van der Waals surface area contributed by atoms with Crippen LogP contribution >= 0.6 is 0 Å². The van der Waals surface area contributed by atoms with Gasteiger partial charge < -0.3 is 5.11 Å². The molecule has 0 aliphatic heterocycles. The van der Waals surface area contributed by atoms with E-state index in [-0.39, 0.29) is 5.75 Å². The number of azide groups is 1. The van der Waals surface area contributed by atoms with E-state index in [0.717, 1.165) is 5.39 Å². The van der Waals surface area contributed by atoms with Crippen molar-refractivity contribution in [3.8, 4) is 5.75 Å². The van der Waals surface area contributed by atoms with Crippen molar-refractivity contribution < 1.29 is 5.11 Å². The van der Waals surface area contributed by atoms with E-state index in [1.54, 1.807) is 24.3 Å². The van der Waals surface area contributed by atoms with E-state index < -0.39 is 0 Å². The van der Waals surface area contributed by atoms with Crippen LogP contribution in [0, 0.1) is 0 Å². The Morgan fingerprint density at radius 2 is 1.86 bits per heavy atom. The van der Waals surface area contributed by atoms with Crippen LogP contribution < -0.4 is 0 Å². The lowest BCUT2D eigenvalue weighted by molar-refractivity contribution is 0.482. The molecule has 0 heterocycles. The number of fused-ring (bicyclic) bond motifs is 1. The van der Waals surface area contributed by atoms with E-state index in [1.165, 1.54) is 0 Å². The van der Waals surface area contributed by atoms with Crippen molar-refractivity contribution in [1.29, 1.82) is 0 Å². The molecule has 0 aliphatic carbocycles. The highest BCUT2D eigenvalue weighted by molar-refractivity contribution is 5.97. The minimum atomic E-state index is 0.130. The maximum atomic E-state index is 9.60. The molecule has 2 aromatic rings. The number of hydrogen-bond acceptors (Lipinski definition) is 2. The minimum absolute atomic E-state index is 0.130. The summed E-state index contributed by atoms with van der Waals surface area (Å²) in [5.41, 5.74) is 8.79. The van der Waals surface area contributed by atoms with E-state index in [1.807, 2.05) is 12.1 Å². The Labute approximate surface area is 80.0 Å². The highest BCUT2D eigenvalue weighted by atomic mass is 16.3. The first-order chi connectivity index (χ1) is 6.83. The van der Waals surface area contributed by atoms with Gasteiger partial charge in [0.1, 0.15) is 5.75 Å². The fourth-order valence-corrected chi connectivity index (χ4v) is 1.43. The molecule has 0 aliphatic rings. The molecule has 0 spiro atoms. The SMILES string of the molecule is [N-]=[N+]=Nc1cccc2cccc(O)c12. The Balaban J connectivity index is 2.90. The summed E-state index contributed by atoms with van der Waals surface area (Å²) in [6.45, 7) is 0. The number of phenolic OH excluding ortho intramolecular Hbond substituents is 1.